The number of carbonyl (C=O) groups is 5. The van der Waals surface area contributed by atoms with Gasteiger partial charge in [0.05, 0.1) is 114 Å². The molecule has 0 atom stereocenters. The molecular formula is C35H50B2Cl7N13O12. The number of carbonyl (C=O) groups excluding carboxylic acids is 4. The standard InChI is InChI=1S/C9H13BClN3O3.C8H8Cl2N2O2.C8H9N3O2.C5H6ClN3O.C3H8BNO3.C2H2Cl2O.ClH.H3N/c1-10(16)13-4-6(15)3-7-9(11)12-5-8(14-7)17-2;1-14-7-4-11-8(10)6(12-7)2-5(13)3-9;1-13-7-4-10-8-6(11-7)2-5(12)3-9-8;1-10-3-2-8-4(6)5(7)9-3;1-4(8)5-2-3(6)7;3-1-2(4)5;;/h5,13,16H,3-4H2,1-2H3;4H,2-3H2,1H3;4H,2-3H2,1H3,(H,9,10);2H,1H3,(H2,7,9);5,8H,2H2,1H3,(H,6,7);1H2;1H;1H3. The number of aliphatic carboxylic acids is 1. The lowest BCUT2D eigenvalue weighted by Gasteiger charge is -2.14. The lowest BCUT2D eigenvalue weighted by molar-refractivity contribution is -0.135. The Morgan fingerprint density at radius 1 is 0.710 bits per heavy atom. The fraction of sp³-hybridized carbons (Fsp3) is 0.400. The fourth-order valence-electron chi connectivity index (χ4n) is 3.87. The zero-order valence-electron chi connectivity index (χ0n) is 37.7. The molecule has 25 nitrogen and oxygen atoms in total. The molecule has 4 aromatic heterocycles. The number of alkyl halides is 2. The summed E-state index contributed by atoms with van der Waals surface area (Å²) in [6, 6.07) is 0. The minimum absolute atomic E-state index is 0. The van der Waals surface area contributed by atoms with Crippen LogP contribution in [0.5, 0.6) is 23.5 Å². The molecule has 0 aliphatic carbocycles. The Balaban J connectivity index is -0.000000778. The first-order valence-electron chi connectivity index (χ1n) is 18.6. The van der Waals surface area contributed by atoms with Crippen molar-refractivity contribution in [2.75, 3.05) is 70.9 Å². The molecule has 69 heavy (non-hydrogen) atoms. The van der Waals surface area contributed by atoms with Crippen molar-refractivity contribution in [2.24, 2.45) is 0 Å². The lowest BCUT2D eigenvalue weighted by atomic mass is 9.89. The third-order valence-corrected chi connectivity index (χ3v) is 8.61. The zero-order valence-corrected chi connectivity index (χ0v) is 43.0. The molecule has 1 aliphatic heterocycles. The van der Waals surface area contributed by atoms with E-state index in [1.165, 1.54) is 66.9 Å². The van der Waals surface area contributed by atoms with Crippen LogP contribution in [0.2, 0.25) is 29.1 Å². The number of nitrogens with zero attached hydrogens (tertiary/aromatic N) is 8. The molecule has 5 heterocycles. The van der Waals surface area contributed by atoms with Gasteiger partial charge in [-0.15, -0.1) is 35.6 Å². The number of rotatable bonds is 16. The smallest absolute Gasteiger partial charge is 0.374 e. The number of Topliss-reactive ketones (excluding diaryl/α,β-unsaturated/α-hetero) is 3. The molecule has 0 amide bonds. The van der Waals surface area contributed by atoms with Gasteiger partial charge < -0.3 is 61.8 Å². The molecule has 0 fully saturated rings. The van der Waals surface area contributed by atoms with E-state index in [1.807, 2.05) is 0 Å². The number of hydrogen-bond donors (Lipinski definition) is 8. The van der Waals surface area contributed by atoms with Gasteiger partial charge in [0.1, 0.15) is 5.82 Å². The predicted molar refractivity (Wildman–Crippen MR) is 264 cm³/mol. The molecule has 0 saturated carbocycles. The molecule has 4 aromatic rings. The van der Waals surface area contributed by atoms with Crippen LogP contribution in [-0.4, -0.2) is 158 Å². The van der Waals surface area contributed by atoms with Gasteiger partial charge >= 0.3 is 20.1 Å². The largest absolute Gasteiger partial charge is 0.480 e. The van der Waals surface area contributed by atoms with E-state index in [-0.39, 0.29) is 94.9 Å². The first-order valence-corrected chi connectivity index (χ1v) is 21.2. The van der Waals surface area contributed by atoms with E-state index in [0.717, 1.165) is 0 Å². The molecule has 0 spiro atoms. The molecule has 0 bridgehead atoms. The van der Waals surface area contributed by atoms with Crippen LogP contribution in [-0.2, 0) is 43.2 Å². The van der Waals surface area contributed by atoms with Crippen LogP contribution in [0.25, 0.3) is 0 Å². The molecule has 382 valence electrons. The quantitative estimate of drug-likeness (QED) is 0.0454. The van der Waals surface area contributed by atoms with Crippen molar-refractivity contribution in [1.82, 2.24) is 56.5 Å². The number of aromatic nitrogens is 8. The van der Waals surface area contributed by atoms with Gasteiger partial charge in [0, 0.05) is 6.54 Å². The molecule has 0 saturated heterocycles. The molecule has 34 heteroatoms. The molecule has 0 radical (unpaired) electrons. The molecule has 5 rings (SSSR count). The first kappa shape index (κ1) is 68.5. The molecule has 0 unspecified atom stereocenters. The van der Waals surface area contributed by atoms with E-state index in [2.05, 4.69) is 55.6 Å². The monoisotopic (exact) mass is 1110 g/mol. The van der Waals surface area contributed by atoms with Crippen molar-refractivity contribution in [3.63, 3.8) is 0 Å². The number of carboxylic acids is 1. The Hall–Kier alpha value is -4.77. The van der Waals surface area contributed by atoms with Crippen molar-refractivity contribution in [3.05, 3.63) is 57.3 Å². The maximum atomic E-state index is 11.5. The molecule has 1 aliphatic rings. The van der Waals surface area contributed by atoms with Crippen LogP contribution in [0.4, 0.5) is 11.6 Å². The average Bonchev–Trinajstić information content (AvgIpc) is 3.30. The molecule has 0 aromatic carbocycles. The minimum atomic E-state index is -0.967. The summed E-state index contributed by atoms with van der Waals surface area (Å²) in [4.78, 5) is 84.1. The first-order chi connectivity index (χ1) is 31.6. The van der Waals surface area contributed by atoms with Gasteiger partial charge in [-0.2, -0.15) is 4.98 Å². The predicted octanol–water partition coefficient (Wildman–Crippen LogP) is 2.53. The summed E-state index contributed by atoms with van der Waals surface area (Å²) in [6.45, 7) is 3.19. The highest BCUT2D eigenvalue weighted by Gasteiger charge is 2.18. The summed E-state index contributed by atoms with van der Waals surface area (Å²) in [6.07, 6.45) is 6.16. The Kier molecular flexibility index (Phi) is 38.7. The van der Waals surface area contributed by atoms with E-state index in [1.54, 1.807) is 0 Å². The van der Waals surface area contributed by atoms with Gasteiger partial charge in [-0.05, 0) is 25.2 Å². The number of carboxylic acid groups (broad SMARTS) is 1. The van der Waals surface area contributed by atoms with Crippen molar-refractivity contribution in [1.29, 1.82) is 0 Å². The molecule has 11 N–H and O–H groups in total. The van der Waals surface area contributed by atoms with E-state index in [0.29, 0.717) is 59.4 Å². The van der Waals surface area contributed by atoms with Gasteiger partial charge in [-0.3, -0.25) is 24.0 Å². The average molecular weight is 1110 g/mol. The van der Waals surface area contributed by atoms with Gasteiger partial charge in [-0.1, -0.05) is 34.8 Å². The number of methoxy groups -OCH3 is 4. The maximum Gasteiger partial charge on any atom is 0.374 e. The van der Waals surface area contributed by atoms with Crippen molar-refractivity contribution in [2.45, 2.75) is 32.9 Å². The van der Waals surface area contributed by atoms with Crippen LogP contribution < -0.4 is 46.6 Å². The van der Waals surface area contributed by atoms with E-state index >= 15 is 0 Å². The number of fused-ring (bicyclic) bond motifs is 1. The van der Waals surface area contributed by atoms with E-state index < -0.39 is 25.3 Å². The van der Waals surface area contributed by atoms with Crippen LogP contribution in [0.15, 0.2) is 24.8 Å². The zero-order chi connectivity index (χ0) is 51.1. The molecular weight excluding hydrogens is 1060 g/mol. The number of nitrogen functional groups attached to an aromatic ring is 1. The Morgan fingerprint density at radius 2 is 1.12 bits per heavy atom. The van der Waals surface area contributed by atoms with E-state index in [9.17, 15) is 24.0 Å². The third kappa shape index (κ3) is 31.9. The Labute approximate surface area is 433 Å². The Bertz CT molecular complexity index is 2200. The summed E-state index contributed by atoms with van der Waals surface area (Å²) < 4.78 is 19.4. The minimum Gasteiger partial charge on any atom is -0.480 e. The number of anilines is 2. The number of ether oxygens (including phenoxy) is 4. The highest BCUT2D eigenvalue weighted by Crippen LogP contribution is 2.19. The normalized spacial score (nSPS) is 10.2. The van der Waals surface area contributed by atoms with E-state index in [4.69, 9.17) is 109 Å². The van der Waals surface area contributed by atoms with Gasteiger partial charge in [0.25, 0.3) is 0 Å². The van der Waals surface area contributed by atoms with Gasteiger partial charge in [0.2, 0.25) is 28.8 Å². The van der Waals surface area contributed by atoms with Gasteiger partial charge in [-0.25, -0.2) is 34.9 Å². The van der Waals surface area contributed by atoms with Gasteiger partial charge in [0.15, 0.2) is 38.6 Å². The second-order valence-corrected chi connectivity index (χ2v) is 14.3. The SMILES string of the molecule is CB(O)NCC(=O)O.COc1cnc(Cl)c(CC(=O)CCl)n1.COc1cnc(Cl)c(CC(=O)CNB(C)O)n1.COc1cnc(Cl)c(N)n1.COc1cnc2c(n1)CC(=O)CN2.Cl.N.O=C(Cl)CCl. The number of halogens is 7. The van der Waals surface area contributed by atoms with Crippen LogP contribution in [0.1, 0.15) is 17.1 Å². The van der Waals surface area contributed by atoms with Crippen molar-refractivity contribution < 1.29 is 58.1 Å². The number of nitrogens with two attached hydrogens (primary N) is 1. The van der Waals surface area contributed by atoms with Crippen molar-refractivity contribution >= 4 is 136 Å². The van der Waals surface area contributed by atoms with Crippen LogP contribution >= 0.6 is 82.0 Å². The van der Waals surface area contributed by atoms with Crippen LogP contribution in [0, 0.1) is 0 Å². The highest BCUT2D eigenvalue weighted by atomic mass is 35.5. The summed E-state index contributed by atoms with van der Waals surface area (Å²) in [5, 5.41) is 33.2. The number of ketones is 3. The number of hydrogen-bond acceptors (Lipinski definition) is 24. The number of nitrogens with one attached hydrogen (secondary N) is 3. The summed E-state index contributed by atoms with van der Waals surface area (Å²) in [5.74, 6) is 0.995. The summed E-state index contributed by atoms with van der Waals surface area (Å²) >= 11 is 31.9. The second kappa shape index (κ2) is 39.0. The Morgan fingerprint density at radius 3 is 1.51 bits per heavy atom. The third-order valence-electron chi connectivity index (χ3n) is 6.88. The van der Waals surface area contributed by atoms with Crippen molar-refractivity contribution in [3.8, 4) is 23.5 Å². The van der Waals surface area contributed by atoms with Crippen LogP contribution in [0.3, 0.4) is 0 Å². The fourth-order valence-corrected chi connectivity index (χ4v) is 4.37. The summed E-state index contributed by atoms with van der Waals surface area (Å²) in [7, 11) is 4.45. The topological polar surface area (TPSA) is 383 Å². The highest BCUT2D eigenvalue weighted by molar-refractivity contribution is 6.67. The second-order valence-electron chi connectivity index (χ2n) is 12.2. The summed E-state index contributed by atoms with van der Waals surface area (Å²) in [5.41, 5.74) is 6.72. The maximum absolute atomic E-state index is 11.5. The lowest BCUT2D eigenvalue weighted by Crippen LogP contribution is -2.35.